The molecule has 0 amide bonds. The van der Waals surface area contributed by atoms with Crippen molar-refractivity contribution in [2.45, 2.75) is 33.8 Å². The number of esters is 2. The highest BCUT2D eigenvalue weighted by atomic mass is 16.6. The number of methoxy groups -OCH3 is 1. The summed E-state index contributed by atoms with van der Waals surface area (Å²) in [5, 5.41) is 0. The van der Waals surface area contributed by atoms with E-state index in [1.807, 2.05) is 13.8 Å². The maximum absolute atomic E-state index is 11.6. The molecule has 0 saturated carbocycles. The second kappa shape index (κ2) is 7.53. The number of benzene rings is 1. The van der Waals surface area contributed by atoms with E-state index in [-0.39, 0.29) is 24.5 Å². The van der Waals surface area contributed by atoms with Crippen LogP contribution in [0.2, 0.25) is 0 Å². The fraction of sp³-hybridized carbons (Fsp3) is 0.467. The van der Waals surface area contributed by atoms with Gasteiger partial charge in [-0.15, -0.1) is 0 Å². The molecule has 0 unspecified atom stereocenters. The van der Waals surface area contributed by atoms with Crippen molar-refractivity contribution >= 4 is 11.9 Å². The van der Waals surface area contributed by atoms with Gasteiger partial charge in [0, 0.05) is 13.3 Å². The van der Waals surface area contributed by atoms with Crippen LogP contribution in [0.15, 0.2) is 18.2 Å². The van der Waals surface area contributed by atoms with Crippen LogP contribution in [0.4, 0.5) is 0 Å². The van der Waals surface area contributed by atoms with Crippen molar-refractivity contribution in [3.8, 4) is 11.5 Å². The Hall–Kier alpha value is -2.04. The molecule has 0 heterocycles. The summed E-state index contributed by atoms with van der Waals surface area (Å²) in [5.74, 6) is 0.385. The molecule has 0 fully saturated rings. The molecular weight excluding hydrogens is 260 g/mol. The zero-order valence-electron chi connectivity index (χ0n) is 12.3. The molecule has 20 heavy (non-hydrogen) atoms. The molecule has 110 valence electrons. The topological polar surface area (TPSA) is 61.8 Å². The van der Waals surface area contributed by atoms with Crippen LogP contribution in [0, 0.1) is 5.92 Å². The van der Waals surface area contributed by atoms with E-state index in [0.29, 0.717) is 17.9 Å². The summed E-state index contributed by atoms with van der Waals surface area (Å²) in [4.78, 5) is 22.4. The van der Waals surface area contributed by atoms with Crippen molar-refractivity contribution in [3.63, 3.8) is 0 Å². The maximum Gasteiger partial charge on any atom is 0.311 e. The molecule has 0 aliphatic rings. The first-order valence-electron chi connectivity index (χ1n) is 6.43. The summed E-state index contributed by atoms with van der Waals surface area (Å²) < 4.78 is 15.3. The second-order valence-corrected chi connectivity index (χ2v) is 4.84. The highest BCUT2D eigenvalue weighted by molar-refractivity contribution is 5.73. The number of hydrogen-bond acceptors (Lipinski definition) is 5. The van der Waals surface area contributed by atoms with Crippen molar-refractivity contribution in [1.82, 2.24) is 0 Å². The van der Waals surface area contributed by atoms with Gasteiger partial charge in [-0.05, 0) is 23.6 Å². The smallest absolute Gasteiger partial charge is 0.311 e. The van der Waals surface area contributed by atoms with Crippen LogP contribution < -0.4 is 9.47 Å². The number of rotatable bonds is 6. The van der Waals surface area contributed by atoms with E-state index in [1.165, 1.54) is 14.0 Å². The van der Waals surface area contributed by atoms with Crippen molar-refractivity contribution in [2.75, 3.05) is 7.11 Å². The molecule has 0 spiro atoms. The Bertz CT molecular complexity index is 479. The van der Waals surface area contributed by atoms with Crippen LogP contribution in [-0.4, -0.2) is 19.0 Å². The molecule has 0 aliphatic heterocycles. The fourth-order valence-corrected chi connectivity index (χ4v) is 1.57. The van der Waals surface area contributed by atoms with Gasteiger partial charge in [-0.2, -0.15) is 0 Å². The molecule has 1 aromatic carbocycles. The van der Waals surface area contributed by atoms with E-state index in [2.05, 4.69) is 0 Å². The lowest BCUT2D eigenvalue weighted by atomic mass is 10.1. The Morgan fingerprint density at radius 3 is 2.45 bits per heavy atom. The van der Waals surface area contributed by atoms with E-state index in [4.69, 9.17) is 14.2 Å². The molecule has 5 nitrogen and oxygen atoms in total. The summed E-state index contributed by atoms with van der Waals surface area (Å²) >= 11 is 0. The van der Waals surface area contributed by atoms with Gasteiger partial charge in [-0.1, -0.05) is 19.9 Å². The van der Waals surface area contributed by atoms with Gasteiger partial charge in [-0.3, -0.25) is 9.59 Å². The Kier molecular flexibility index (Phi) is 6.03. The summed E-state index contributed by atoms with van der Waals surface area (Å²) in [7, 11) is 1.49. The number of carbonyl (C=O) groups excluding carboxylic acids is 2. The lowest BCUT2D eigenvalue weighted by Gasteiger charge is -2.11. The Morgan fingerprint density at radius 2 is 1.90 bits per heavy atom. The molecule has 1 rings (SSSR count). The van der Waals surface area contributed by atoms with Crippen LogP contribution in [0.25, 0.3) is 0 Å². The first-order valence-corrected chi connectivity index (χ1v) is 6.43. The van der Waals surface area contributed by atoms with E-state index in [9.17, 15) is 9.59 Å². The van der Waals surface area contributed by atoms with Gasteiger partial charge in [-0.25, -0.2) is 0 Å². The molecule has 0 radical (unpaired) electrons. The van der Waals surface area contributed by atoms with Crippen LogP contribution in [-0.2, 0) is 20.9 Å². The molecule has 0 saturated heterocycles. The molecule has 1 aromatic rings. The minimum Gasteiger partial charge on any atom is -0.493 e. The SMILES string of the molecule is COc1cc(COC(C)=O)ccc1OC(=O)CC(C)C. The van der Waals surface area contributed by atoms with E-state index in [1.54, 1.807) is 18.2 Å². The summed E-state index contributed by atoms with van der Waals surface area (Å²) in [5.41, 5.74) is 0.765. The van der Waals surface area contributed by atoms with Gasteiger partial charge < -0.3 is 14.2 Å². The van der Waals surface area contributed by atoms with Crippen LogP contribution in [0.1, 0.15) is 32.8 Å². The first-order chi connectivity index (χ1) is 9.42. The minimum atomic E-state index is -0.351. The lowest BCUT2D eigenvalue weighted by Crippen LogP contribution is -2.11. The third-order valence-corrected chi connectivity index (χ3v) is 2.47. The number of hydrogen-bond donors (Lipinski definition) is 0. The van der Waals surface area contributed by atoms with Crippen molar-refractivity contribution in [1.29, 1.82) is 0 Å². The second-order valence-electron chi connectivity index (χ2n) is 4.84. The normalized spacial score (nSPS) is 10.2. The van der Waals surface area contributed by atoms with Gasteiger partial charge in [0.1, 0.15) is 6.61 Å². The highest BCUT2D eigenvalue weighted by Gasteiger charge is 2.12. The van der Waals surface area contributed by atoms with Crippen molar-refractivity contribution in [3.05, 3.63) is 23.8 Å². The molecule has 5 heteroatoms. The molecular formula is C15H20O5. The zero-order chi connectivity index (χ0) is 15.1. The molecule has 0 N–H and O–H groups in total. The van der Waals surface area contributed by atoms with Crippen LogP contribution >= 0.6 is 0 Å². The van der Waals surface area contributed by atoms with Gasteiger partial charge in [0.25, 0.3) is 0 Å². The number of carbonyl (C=O) groups is 2. The van der Waals surface area contributed by atoms with Gasteiger partial charge in [0.2, 0.25) is 0 Å². The quantitative estimate of drug-likeness (QED) is 0.592. The average Bonchev–Trinajstić information content (AvgIpc) is 2.36. The molecule has 0 bridgehead atoms. The summed E-state index contributed by atoms with van der Waals surface area (Å²) in [6.45, 7) is 5.40. The first kappa shape index (κ1) is 16.0. The van der Waals surface area contributed by atoms with Gasteiger partial charge >= 0.3 is 11.9 Å². The summed E-state index contributed by atoms with van der Waals surface area (Å²) in [6.07, 6.45) is 0.346. The molecule has 0 atom stereocenters. The maximum atomic E-state index is 11.6. The largest absolute Gasteiger partial charge is 0.493 e. The fourth-order valence-electron chi connectivity index (χ4n) is 1.57. The van der Waals surface area contributed by atoms with Crippen LogP contribution in [0.5, 0.6) is 11.5 Å². The van der Waals surface area contributed by atoms with E-state index >= 15 is 0 Å². The Morgan fingerprint density at radius 1 is 1.20 bits per heavy atom. The van der Waals surface area contributed by atoms with Crippen LogP contribution in [0.3, 0.4) is 0 Å². The van der Waals surface area contributed by atoms with Crippen molar-refractivity contribution in [2.24, 2.45) is 5.92 Å². The van der Waals surface area contributed by atoms with E-state index in [0.717, 1.165) is 5.56 Å². The lowest BCUT2D eigenvalue weighted by molar-refractivity contribution is -0.142. The van der Waals surface area contributed by atoms with Crippen molar-refractivity contribution < 1.29 is 23.8 Å². The predicted octanol–water partition coefficient (Wildman–Crippen LogP) is 2.71. The molecule has 0 aromatic heterocycles. The Labute approximate surface area is 118 Å². The molecule has 0 aliphatic carbocycles. The monoisotopic (exact) mass is 280 g/mol. The highest BCUT2D eigenvalue weighted by Crippen LogP contribution is 2.29. The Balaban J connectivity index is 2.77. The standard InChI is InChI=1S/C15H20O5/c1-10(2)7-15(17)20-13-6-5-12(8-14(13)18-4)9-19-11(3)16/h5-6,8,10H,7,9H2,1-4H3. The third-order valence-electron chi connectivity index (χ3n) is 2.47. The van der Waals surface area contributed by atoms with E-state index < -0.39 is 0 Å². The van der Waals surface area contributed by atoms with Gasteiger partial charge in [0.15, 0.2) is 11.5 Å². The predicted molar refractivity (Wildman–Crippen MR) is 73.6 cm³/mol. The number of ether oxygens (including phenoxy) is 3. The average molecular weight is 280 g/mol. The third kappa shape index (κ3) is 5.30. The van der Waals surface area contributed by atoms with Gasteiger partial charge in [0.05, 0.1) is 7.11 Å². The minimum absolute atomic E-state index is 0.159. The zero-order valence-corrected chi connectivity index (χ0v) is 12.3. The summed E-state index contributed by atoms with van der Waals surface area (Å²) in [6, 6.07) is 5.04.